The van der Waals surface area contributed by atoms with Crippen molar-refractivity contribution in [1.82, 2.24) is 0 Å². The van der Waals surface area contributed by atoms with Gasteiger partial charge in [0.1, 0.15) is 0 Å². The summed E-state index contributed by atoms with van der Waals surface area (Å²) in [5, 5.41) is 14.4. The summed E-state index contributed by atoms with van der Waals surface area (Å²) >= 11 is 0. The Morgan fingerprint density at radius 1 is 1.11 bits per heavy atom. The van der Waals surface area contributed by atoms with Gasteiger partial charge in [-0.25, -0.2) is 0 Å². The number of nitrogens with zero attached hydrogens (tertiary/aromatic N) is 1. The van der Waals surface area contributed by atoms with Crippen LogP contribution in [0.4, 0.5) is 5.69 Å². The zero-order chi connectivity index (χ0) is 13.2. The number of nitriles is 1. The van der Waals surface area contributed by atoms with Gasteiger partial charge in [0.2, 0.25) is 0 Å². The molecule has 2 aromatic carbocycles. The first-order chi connectivity index (χ1) is 8.57. The lowest BCUT2D eigenvalue weighted by Crippen LogP contribution is -2.28. The van der Waals surface area contributed by atoms with Crippen molar-refractivity contribution in [2.75, 3.05) is 5.32 Å². The molecule has 0 fully saturated rings. The van der Waals surface area contributed by atoms with Crippen LogP contribution in [0.15, 0.2) is 36.4 Å². The standard InChI is InChI=1S/C16H14N2/c1-4-16(2,3)18-15-10-9-12(11-17)13-7-5-6-8-14(13)15/h1,5-10,18H,2-3H3. The topological polar surface area (TPSA) is 35.8 Å². The molecule has 2 rings (SSSR count). The summed E-state index contributed by atoms with van der Waals surface area (Å²) in [5.41, 5.74) is 1.21. The van der Waals surface area contributed by atoms with Crippen LogP contribution in [0.1, 0.15) is 19.4 Å². The molecule has 2 aromatic rings. The van der Waals surface area contributed by atoms with Crippen LogP contribution in [0.2, 0.25) is 0 Å². The van der Waals surface area contributed by atoms with E-state index in [1.54, 1.807) is 0 Å². The highest BCUT2D eigenvalue weighted by Crippen LogP contribution is 2.28. The van der Waals surface area contributed by atoms with E-state index in [2.05, 4.69) is 17.3 Å². The molecule has 0 unspecified atom stereocenters. The SMILES string of the molecule is C#CC(C)(C)Nc1ccc(C#N)c2ccccc12. The van der Waals surface area contributed by atoms with Crippen LogP contribution in [0.5, 0.6) is 0 Å². The molecule has 2 heteroatoms. The van der Waals surface area contributed by atoms with E-state index in [-0.39, 0.29) is 0 Å². The number of terminal acetylenes is 1. The summed E-state index contributed by atoms with van der Waals surface area (Å²) in [7, 11) is 0. The Balaban J connectivity index is 2.62. The molecule has 0 aliphatic carbocycles. The van der Waals surface area contributed by atoms with Crippen molar-refractivity contribution < 1.29 is 0 Å². The Morgan fingerprint density at radius 2 is 1.78 bits per heavy atom. The van der Waals surface area contributed by atoms with Gasteiger partial charge in [-0.3, -0.25) is 0 Å². The smallest absolute Gasteiger partial charge is 0.0998 e. The zero-order valence-corrected chi connectivity index (χ0v) is 10.5. The normalized spacial score (nSPS) is 10.7. The van der Waals surface area contributed by atoms with E-state index in [1.807, 2.05) is 50.2 Å². The van der Waals surface area contributed by atoms with Gasteiger partial charge in [-0.15, -0.1) is 6.42 Å². The minimum absolute atomic E-state index is 0.420. The van der Waals surface area contributed by atoms with Crippen LogP contribution in [0, 0.1) is 23.7 Å². The van der Waals surface area contributed by atoms with Crippen molar-refractivity contribution in [2.24, 2.45) is 0 Å². The Bertz CT molecular complexity index is 670. The first-order valence-corrected chi connectivity index (χ1v) is 5.75. The quantitative estimate of drug-likeness (QED) is 0.807. The third-order valence-corrected chi connectivity index (χ3v) is 2.85. The average molecular weight is 234 g/mol. The summed E-state index contributed by atoms with van der Waals surface area (Å²) in [4.78, 5) is 0. The summed E-state index contributed by atoms with van der Waals surface area (Å²) in [6.07, 6.45) is 5.49. The molecule has 0 saturated carbocycles. The van der Waals surface area contributed by atoms with Gasteiger partial charge in [0.05, 0.1) is 17.2 Å². The molecule has 0 aliphatic heterocycles. The number of benzene rings is 2. The van der Waals surface area contributed by atoms with Crippen LogP contribution in [-0.4, -0.2) is 5.54 Å². The predicted octanol–water partition coefficient (Wildman–Crippen LogP) is 3.54. The van der Waals surface area contributed by atoms with Crippen molar-refractivity contribution in [3.63, 3.8) is 0 Å². The summed E-state index contributed by atoms with van der Waals surface area (Å²) in [5.74, 6) is 2.71. The molecular formula is C16H14N2. The summed E-state index contributed by atoms with van der Waals surface area (Å²) in [6, 6.07) is 13.7. The minimum atomic E-state index is -0.420. The van der Waals surface area contributed by atoms with Gasteiger partial charge in [0.25, 0.3) is 0 Å². The fourth-order valence-electron chi connectivity index (χ4n) is 1.88. The first kappa shape index (κ1) is 12.0. The molecule has 0 amide bonds. The highest BCUT2D eigenvalue weighted by Gasteiger charge is 2.15. The molecule has 88 valence electrons. The number of hydrogen-bond donors (Lipinski definition) is 1. The Morgan fingerprint density at radius 3 is 2.39 bits per heavy atom. The lowest BCUT2D eigenvalue weighted by atomic mass is 10.0. The van der Waals surface area contributed by atoms with E-state index in [9.17, 15) is 0 Å². The molecule has 0 atom stereocenters. The average Bonchev–Trinajstić information content (AvgIpc) is 2.39. The van der Waals surface area contributed by atoms with E-state index >= 15 is 0 Å². The maximum absolute atomic E-state index is 9.10. The molecule has 0 spiro atoms. The van der Waals surface area contributed by atoms with E-state index in [4.69, 9.17) is 11.7 Å². The second kappa shape index (κ2) is 4.43. The molecule has 0 radical (unpaired) electrons. The zero-order valence-electron chi connectivity index (χ0n) is 10.5. The van der Waals surface area contributed by atoms with Crippen molar-refractivity contribution in [2.45, 2.75) is 19.4 Å². The predicted molar refractivity (Wildman–Crippen MR) is 75.2 cm³/mol. The maximum atomic E-state index is 9.10. The van der Waals surface area contributed by atoms with Crippen LogP contribution in [0.3, 0.4) is 0 Å². The van der Waals surface area contributed by atoms with Gasteiger partial charge >= 0.3 is 0 Å². The van der Waals surface area contributed by atoms with Crippen LogP contribution in [-0.2, 0) is 0 Å². The van der Waals surface area contributed by atoms with Crippen LogP contribution < -0.4 is 5.32 Å². The highest BCUT2D eigenvalue weighted by molar-refractivity contribution is 5.97. The van der Waals surface area contributed by atoms with E-state index in [0.29, 0.717) is 5.56 Å². The second-order valence-electron chi connectivity index (χ2n) is 4.71. The van der Waals surface area contributed by atoms with Gasteiger partial charge in [0, 0.05) is 16.5 Å². The van der Waals surface area contributed by atoms with Crippen molar-refractivity contribution in [1.29, 1.82) is 5.26 Å². The first-order valence-electron chi connectivity index (χ1n) is 5.75. The lowest BCUT2D eigenvalue weighted by molar-refractivity contribution is 0.743. The van der Waals surface area contributed by atoms with Gasteiger partial charge in [-0.2, -0.15) is 5.26 Å². The summed E-state index contributed by atoms with van der Waals surface area (Å²) in [6.45, 7) is 3.89. The number of fused-ring (bicyclic) bond motifs is 1. The second-order valence-corrected chi connectivity index (χ2v) is 4.71. The van der Waals surface area contributed by atoms with Crippen molar-refractivity contribution in [3.05, 3.63) is 42.0 Å². The molecule has 2 nitrogen and oxygen atoms in total. The minimum Gasteiger partial charge on any atom is -0.369 e. The molecule has 0 bridgehead atoms. The van der Waals surface area contributed by atoms with E-state index in [1.165, 1.54) is 0 Å². The Hall–Kier alpha value is -2.45. The fraction of sp³-hybridized carbons (Fsp3) is 0.188. The molecule has 0 aliphatic rings. The maximum Gasteiger partial charge on any atom is 0.0998 e. The number of rotatable bonds is 2. The third kappa shape index (κ3) is 2.14. The van der Waals surface area contributed by atoms with Gasteiger partial charge < -0.3 is 5.32 Å². The third-order valence-electron chi connectivity index (χ3n) is 2.85. The fourth-order valence-corrected chi connectivity index (χ4v) is 1.88. The largest absolute Gasteiger partial charge is 0.369 e. The Kier molecular flexibility index (Phi) is 2.96. The molecule has 0 heterocycles. The Labute approximate surface area is 107 Å². The van der Waals surface area contributed by atoms with Crippen LogP contribution in [0.25, 0.3) is 10.8 Å². The van der Waals surface area contributed by atoms with Gasteiger partial charge in [0.15, 0.2) is 0 Å². The summed E-state index contributed by atoms with van der Waals surface area (Å²) < 4.78 is 0. The molecule has 0 saturated heterocycles. The van der Waals surface area contributed by atoms with E-state index < -0.39 is 5.54 Å². The molecule has 1 N–H and O–H groups in total. The monoisotopic (exact) mass is 234 g/mol. The van der Waals surface area contributed by atoms with Crippen molar-refractivity contribution in [3.8, 4) is 18.4 Å². The lowest BCUT2D eigenvalue weighted by Gasteiger charge is -2.22. The molecule has 18 heavy (non-hydrogen) atoms. The highest BCUT2D eigenvalue weighted by atomic mass is 15.0. The number of anilines is 1. The molecule has 0 aromatic heterocycles. The van der Waals surface area contributed by atoms with E-state index in [0.717, 1.165) is 16.5 Å². The van der Waals surface area contributed by atoms with Gasteiger partial charge in [-0.05, 0) is 26.0 Å². The molecular weight excluding hydrogens is 220 g/mol. The number of nitrogens with one attached hydrogen (secondary N) is 1. The van der Waals surface area contributed by atoms with Crippen molar-refractivity contribution >= 4 is 16.5 Å². The van der Waals surface area contributed by atoms with Crippen LogP contribution >= 0.6 is 0 Å². The van der Waals surface area contributed by atoms with Gasteiger partial charge in [-0.1, -0.05) is 30.2 Å². The number of hydrogen-bond acceptors (Lipinski definition) is 2.